The van der Waals surface area contributed by atoms with Crippen LogP contribution in [-0.4, -0.2) is 3.96 Å². The average molecular weight is 221 g/mol. The molecule has 15 heavy (non-hydrogen) atoms. The first kappa shape index (κ1) is 10.4. The second-order valence-corrected chi connectivity index (χ2v) is 6.05. The third-order valence-corrected chi connectivity index (χ3v) is 3.24. The lowest BCUT2D eigenvalue weighted by atomic mass is 9.97. The molecule has 0 fully saturated rings. The van der Waals surface area contributed by atoms with Crippen molar-refractivity contribution in [1.29, 1.82) is 0 Å². The van der Waals surface area contributed by atoms with Gasteiger partial charge in [-0.15, -0.1) is 0 Å². The molecule has 0 aliphatic heterocycles. The number of hydrogen-bond donors (Lipinski definition) is 0. The maximum Gasteiger partial charge on any atom is 0.268 e. The van der Waals surface area contributed by atoms with Gasteiger partial charge in [-0.25, -0.2) is 0 Å². The lowest BCUT2D eigenvalue weighted by Gasteiger charge is -2.17. The number of benzene rings is 1. The largest absolute Gasteiger partial charge is 0.268 e. The van der Waals surface area contributed by atoms with Crippen molar-refractivity contribution >= 4 is 21.6 Å². The normalized spacial score (nSPS) is 12.2. The average Bonchev–Trinajstić information content (AvgIpc) is 2.42. The van der Waals surface area contributed by atoms with Crippen LogP contribution >= 0.6 is 11.5 Å². The fourth-order valence-corrected chi connectivity index (χ4v) is 2.82. The standard InChI is InChI=1S/C12H15NOS/c1-12(2,3)8-13-11(14)9-6-4-5-7-10(9)15-13/h4-7H,8H2,1-3H3. The van der Waals surface area contributed by atoms with E-state index in [1.54, 1.807) is 11.5 Å². The Labute approximate surface area is 93.3 Å². The van der Waals surface area contributed by atoms with E-state index in [2.05, 4.69) is 20.8 Å². The van der Waals surface area contributed by atoms with Crippen LogP contribution in [0, 0.1) is 5.41 Å². The molecule has 0 N–H and O–H groups in total. The summed E-state index contributed by atoms with van der Waals surface area (Å²) in [4.78, 5) is 12.0. The van der Waals surface area contributed by atoms with Crippen LogP contribution in [0.15, 0.2) is 29.1 Å². The number of fused-ring (bicyclic) bond motifs is 1. The first-order chi connectivity index (χ1) is 6.97. The zero-order valence-corrected chi connectivity index (χ0v) is 10.1. The van der Waals surface area contributed by atoms with Crippen molar-refractivity contribution in [3.8, 4) is 0 Å². The molecule has 0 saturated heterocycles. The van der Waals surface area contributed by atoms with Gasteiger partial charge in [0.15, 0.2) is 0 Å². The SMILES string of the molecule is CC(C)(C)Cn1sc2ccccc2c1=O. The minimum atomic E-state index is 0.144. The summed E-state index contributed by atoms with van der Waals surface area (Å²) in [6, 6.07) is 7.78. The Balaban J connectivity index is 2.54. The topological polar surface area (TPSA) is 22.0 Å². The fraction of sp³-hybridized carbons (Fsp3) is 0.417. The predicted molar refractivity (Wildman–Crippen MR) is 65.5 cm³/mol. The Morgan fingerprint density at radius 3 is 2.53 bits per heavy atom. The van der Waals surface area contributed by atoms with E-state index in [0.717, 1.165) is 16.6 Å². The first-order valence-corrected chi connectivity index (χ1v) is 5.83. The molecule has 0 spiro atoms. The summed E-state index contributed by atoms with van der Waals surface area (Å²) in [5, 5.41) is 0.840. The Bertz CT molecular complexity index is 530. The molecular weight excluding hydrogens is 206 g/mol. The van der Waals surface area contributed by atoms with Gasteiger partial charge in [0.25, 0.3) is 5.56 Å². The Hall–Kier alpha value is -1.09. The van der Waals surface area contributed by atoms with E-state index < -0.39 is 0 Å². The van der Waals surface area contributed by atoms with Crippen molar-refractivity contribution in [2.45, 2.75) is 27.3 Å². The molecular formula is C12H15NOS. The maximum absolute atomic E-state index is 12.0. The Kier molecular flexibility index (Phi) is 2.43. The van der Waals surface area contributed by atoms with Gasteiger partial charge < -0.3 is 0 Å². The highest BCUT2D eigenvalue weighted by atomic mass is 32.1. The molecule has 3 heteroatoms. The van der Waals surface area contributed by atoms with Crippen molar-refractivity contribution < 1.29 is 0 Å². The van der Waals surface area contributed by atoms with E-state index in [9.17, 15) is 4.79 Å². The molecule has 0 unspecified atom stereocenters. The van der Waals surface area contributed by atoms with Crippen LogP contribution in [0.25, 0.3) is 10.1 Å². The molecule has 0 aliphatic carbocycles. The summed E-state index contributed by atoms with van der Waals surface area (Å²) in [6.07, 6.45) is 0. The Morgan fingerprint density at radius 2 is 1.93 bits per heavy atom. The summed E-state index contributed by atoms with van der Waals surface area (Å²) in [5.41, 5.74) is 0.288. The second kappa shape index (κ2) is 3.49. The minimum absolute atomic E-state index is 0.144. The lowest BCUT2D eigenvalue weighted by Crippen LogP contribution is -2.22. The summed E-state index contributed by atoms with van der Waals surface area (Å²) < 4.78 is 2.93. The van der Waals surface area contributed by atoms with Gasteiger partial charge in [0.05, 0.1) is 10.1 Å². The predicted octanol–water partition coefficient (Wildman–Crippen LogP) is 3.11. The zero-order chi connectivity index (χ0) is 11.1. The van der Waals surface area contributed by atoms with Gasteiger partial charge in [-0.3, -0.25) is 8.75 Å². The lowest BCUT2D eigenvalue weighted by molar-refractivity contribution is 0.353. The highest BCUT2D eigenvalue weighted by Gasteiger charge is 2.15. The van der Waals surface area contributed by atoms with Crippen LogP contribution in [0.5, 0.6) is 0 Å². The molecule has 2 rings (SSSR count). The molecule has 2 aromatic rings. The first-order valence-electron chi connectivity index (χ1n) is 5.06. The summed E-state index contributed by atoms with van der Waals surface area (Å²) in [6.45, 7) is 7.21. The molecule has 0 aliphatic rings. The van der Waals surface area contributed by atoms with E-state index in [-0.39, 0.29) is 11.0 Å². The molecule has 0 radical (unpaired) electrons. The summed E-state index contributed by atoms with van der Waals surface area (Å²) >= 11 is 1.55. The van der Waals surface area contributed by atoms with Gasteiger partial charge >= 0.3 is 0 Å². The molecule has 80 valence electrons. The maximum atomic E-state index is 12.0. The van der Waals surface area contributed by atoms with E-state index in [0.29, 0.717) is 0 Å². The van der Waals surface area contributed by atoms with Gasteiger partial charge in [0, 0.05) is 6.54 Å². The van der Waals surface area contributed by atoms with Crippen molar-refractivity contribution in [2.24, 2.45) is 5.41 Å². The third-order valence-electron chi connectivity index (χ3n) is 2.17. The minimum Gasteiger partial charge on any atom is -0.268 e. The van der Waals surface area contributed by atoms with E-state index in [1.807, 2.05) is 28.2 Å². The smallest absolute Gasteiger partial charge is 0.268 e. The highest BCUT2D eigenvalue weighted by Crippen LogP contribution is 2.21. The van der Waals surface area contributed by atoms with Crippen molar-refractivity contribution in [3.63, 3.8) is 0 Å². The summed E-state index contributed by atoms with van der Waals surface area (Å²) in [5.74, 6) is 0. The van der Waals surface area contributed by atoms with Gasteiger partial charge in [-0.2, -0.15) is 0 Å². The number of aromatic nitrogens is 1. The van der Waals surface area contributed by atoms with Crippen molar-refractivity contribution in [1.82, 2.24) is 3.96 Å². The van der Waals surface area contributed by atoms with Gasteiger partial charge in [-0.05, 0) is 17.5 Å². The van der Waals surface area contributed by atoms with E-state index in [4.69, 9.17) is 0 Å². The van der Waals surface area contributed by atoms with Gasteiger partial charge in [0.2, 0.25) is 0 Å². The molecule has 0 saturated carbocycles. The third kappa shape index (κ3) is 2.12. The number of hydrogen-bond acceptors (Lipinski definition) is 2. The molecule has 1 aromatic heterocycles. The molecule has 2 nitrogen and oxygen atoms in total. The van der Waals surface area contributed by atoms with Crippen molar-refractivity contribution in [2.75, 3.05) is 0 Å². The zero-order valence-electron chi connectivity index (χ0n) is 9.28. The number of rotatable bonds is 1. The van der Waals surface area contributed by atoms with Crippen molar-refractivity contribution in [3.05, 3.63) is 34.6 Å². The van der Waals surface area contributed by atoms with Crippen LogP contribution in [0.1, 0.15) is 20.8 Å². The summed E-state index contributed by atoms with van der Waals surface area (Å²) in [7, 11) is 0. The number of nitrogens with zero attached hydrogens (tertiary/aromatic N) is 1. The molecule has 1 heterocycles. The molecule has 0 bridgehead atoms. The molecule has 1 aromatic carbocycles. The van der Waals surface area contributed by atoms with Gasteiger partial charge in [0.1, 0.15) is 0 Å². The van der Waals surface area contributed by atoms with Crippen LogP contribution in [0.2, 0.25) is 0 Å². The van der Waals surface area contributed by atoms with E-state index in [1.165, 1.54) is 0 Å². The highest BCUT2D eigenvalue weighted by molar-refractivity contribution is 7.13. The van der Waals surface area contributed by atoms with Crippen LogP contribution in [-0.2, 0) is 6.54 Å². The fourth-order valence-electron chi connectivity index (χ4n) is 1.55. The molecule has 0 atom stereocenters. The van der Waals surface area contributed by atoms with E-state index >= 15 is 0 Å². The molecule has 0 amide bonds. The quantitative estimate of drug-likeness (QED) is 0.725. The van der Waals surface area contributed by atoms with Crippen LogP contribution in [0.3, 0.4) is 0 Å². The monoisotopic (exact) mass is 221 g/mol. The Morgan fingerprint density at radius 1 is 1.27 bits per heavy atom. The van der Waals surface area contributed by atoms with Crippen LogP contribution < -0.4 is 5.56 Å². The van der Waals surface area contributed by atoms with Crippen LogP contribution in [0.4, 0.5) is 0 Å². The van der Waals surface area contributed by atoms with Gasteiger partial charge in [-0.1, -0.05) is 44.4 Å². The second-order valence-electron chi connectivity index (χ2n) is 4.99.